The van der Waals surface area contributed by atoms with Crippen LogP contribution in [-0.2, 0) is 0 Å². The third-order valence-electron chi connectivity index (χ3n) is 11.2. The van der Waals surface area contributed by atoms with Crippen LogP contribution in [0.4, 0.5) is 49.6 Å². The van der Waals surface area contributed by atoms with Gasteiger partial charge in [-0.25, -0.2) is 19.9 Å². The lowest BCUT2D eigenvalue weighted by molar-refractivity contribution is 0.102. The standard InChI is InChI=1S/C52H42BrClN10O3S3/c1-27-10-6-11-28(2)44(27)62-47(65)39-26-57-52(70-39)61-42-17-9-16-38(60-42)36-20-18-29(3)45(31(36)5)63-48(66)40-24-55-50(68-40)58-34-14-7-12-32(22-34)37-21-19-30(4)46(43(37)54)64-49(67)41-25-56-51(69-41)59-35-15-8-13-33(53)23-35/h6-26H,1-5H3,(H,55,58)(H,56,59)(H,62,65)(H,63,66)(H,64,67)(H,57,60,61). The van der Waals surface area contributed by atoms with Gasteiger partial charge in [-0.15, -0.1) is 0 Å². The second-order valence-electron chi connectivity index (χ2n) is 16.1. The number of pyridine rings is 1. The Morgan fingerprint density at radius 1 is 0.514 bits per heavy atom. The van der Waals surface area contributed by atoms with Gasteiger partial charge in [0.15, 0.2) is 15.4 Å². The van der Waals surface area contributed by atoms with Crippen LogP contribution in [0, 0.1) is 34.6 Å². The summed E-state index contributed by atoms with van der Waals surface area (Å²) in [6, 6.07) is 34.6. The lowest BCUT2D eigenvalue weighted by Crippen LogP contribution is -2.13. The predicted octanol–water partition coefficient (Wildman–Crippen LogP) is 14.7. The first-order valence-corrected chi connectivity index (χ1v) is 25.3. The Hall–Kier alpha value is -7.28. The number of halogens is 2. The lowest BCUT2D eigenvalue weighted by atomic mass is 9.99. The molecule has 0 saturated heterocycles. The molecule has 0 aliphatic carbocycles. The van der Waals surface area contributed by atoms with E-state index in [4.69, 9.17) is 16.6 Å². The van der Waals surface area contributed by atoms with Gasteiger partial charge in [0.25, 0.3) is 17.7 Å². The van der Waals surface area contributed by atoms with Gasteiger partial charge in [0, 0.05) is 38.3 Å². The van der Waals surface area contributed by atoms with Gasteiger partial charge in [-0.3, -0.25) is 14.4 Å². The van der Waals surface area contributed by atoms with Crippen LogP contribution in [-0.4, -0.2) is 37.7 Å². The van der Waals surface area contributed by atoms with Gasteiger partial charge < -0.3 is 31.9 Å². The van der Waals surface area contributed by atoms with Crippen LogP contribution in [0.5, 0.6) is 0 Å². The van der Waals surface area contributed by atoms with Crippen LogP contribution in [0.1, 0.15) is 56.8 Å². The molecule has 0 spiro atoms. The molecule has 0 bridgehead atoms. The lowest BCUT2D eigenvalue weighted by Gasteiger charge is -2.15. The van der Waals surface area contributed by atoms with Crippen molar-refractivity contribution >= 4 is 129 Å². The van der Waals surface area contributed by atoms with E-state index in [1.54, 1.807) is 12.4 Å². The molecular weight excluding hydrogens is 1020 g/mol. The average molecular weight is 1070 g/mol. The van der Waals surface area contributed by atoms with Crippen molar-refractivity contribution in [3.8, 4) is 22.4 Å². The summed E-state index contributed by atoms with van der Waals surface area (Å²) >= 11 is 14.2. The average Bonchev–Trinajstić information content (AvgIpc) is 4.13. The molecule has 13 nitrogen and oxygen atoms in total. The molecule has 6 N–H and O–H groups in total. The Labute approximate surface area is 429 Å². The first-order chi connectivity index (χ1) is 33.8. The summed E-state index contributed by atoms with van der Waals surface area (Å²) in [7, 11) is 0. The van der Waals surface area contributed by atoms with Gasteiger partial charge in [-0.1, -0.05) is 128 Å². The number of hydrogen-bond donors (Lipinski definition) is 6. The van der Waals surface area contributed by atoms with Crippen LogP contribution in [0.15, 0.2) is 132 Å². The molecule has 0 saturated carbocycles. The van der Waals surface area contributed by atoms with Gasteiger partial charge in [0.2, 0.25) is 0 Å². The van der Waals surface area contributed by atoms with Crippen molar-refractivity contribution in [1.29, 1.82) is 0 Å². The second-order valence-corrected chi connectivity index (χ2v) is 20.5. The van der Waals surface area contributed by atoms with E-state index in [1.807, 2.05) is 144 Å². The van der Waals surface area contributed by atoms with Crippen LogP contribution in [0.3, 0.4) is 0 Å². The minimum Gasteiger partial charge on any atom is -0.332 e. The number of anilines is 9. The molecule has 0 atom stereocenters. The molecular formula is C52H42BrClN10O3S3. The molecule has 70 heavy (non-hydrogen) atoms. The summed E-state index contributed by atoms with van der Waals surface area (Å²) in [5.74, 6) is -0.305. The van der Waals surface area contributed by atoms with E-state index < -0.39 is 0 Å². The number of benzene rings is 5. The Balaban J connectivity index is 0.846. The molecule has 4 aromatic heterocycles. The third-order valence-corrected chi connectivity index (χ3v) is 14.8. The number of carbonyl (C=O) groups excluding carboxylic acids is 3. The minimum absolute atomic E-state index is 0.232. The van der Waals surface area contributed by atoms with E-state index in [2.05, 4.69) is 62.8 Å². The maximum Gasteiger partial charge on any atom is 0.267 e. The minimum atomic E-state index is -0.324. The zero-order valence-electron chi connectivity index (χ0n) is 38.1. The van der Waals surface area contributed by atoms with Gasteiger partial charge in [0.1, 0.15) is 20.4 Å². The van der Waals surface area contributed by atoms with E-state index in [0.717, 1.165) is 66.0 Å². The molecule has 3 amide bonds. The molecule has 0 fully saturated rings. The number of rotatable bonds is 14. The van der Waals surface area contributed by atoms with E-state index in [-0.39, 0.29) is 17.7 Å². The van der Waals surface area contributed by atoms with Gasteiger partial charge >= 0.3 is 0 Å². The molecule has 4 heterocycles. The number of carbonyl (C=O) groups is 3. The SMILES string of the molecule is Cc1cccc(C)c1NC(=O)c1cnc(Nc2cccc(-c3ccc(C)c(NC(=O)c4cnc(Nc5cccc(-c6ccc(C)c(NC(=O)c7cnc(Nc8cccc(Br)c8)s7)c6Cl)c5)s4)c3C)n2)s1. The van der Waals surface area contributed by atoms with Crippen molar-refractivity contribution in [3.63, 3.8) is 0 Å². The number of aromatic nitrogens is 4. The van der Waals surface area contributed by atoms with Crippen molar-refractivity contribution in [2.45, 2.75) is 34.6 Å². The van der Waals surface area contributed by atoms with Crippen LogP contribution < -0.4 is 31.9 Å². The van der Waals surface area contributed by atoms with Crippen molar-refractivity contribution in [2.24, 2.45) is 0 Å². The van der Waals surface area contributed by atoms with Gasteiger partial charge in [-0.05, 0) is 110 Å². The fraction of sp³-hybridized carbons (Fsp3) is 0.0962. The highest BCUT2D eigenvalue weighted by Gasteiger charge is 2.20. The van der Waals surface area contributed by atoms with Gasteiger partial charge in [0.05, 0.1) is 35.0 Å². The quantitative estimate of drug-likeness (QED) is 0.0615. The molecule has 18 heteroatoms. The van der Waals surface area contributed by atoms with Crippen molar-refractivity contribution in [2.75, 3.05) is 31.9 Å². The smallest absolute Gasteiger partial charge is 0.267 e. The largest absolute Gasteiger partial charge is 0.332 e. The second kappa shape index (κ2) is 20.8. The van der Waals surface area contributed by atoms with Gasteiger partial charge in [-0.2, -0.15) is 0 Å². The fourth-order valence-corrected chi connectivity index (χ4v) is 10.5. The molecule has 0 aliphatic heterocycles. The number of amides is 3. The van der Waals surface area contributed by atoms with Crippen LogP contribution in [0.2, 0.25) is 5.02 Å². The van der Waals surface area contributed by atoms with Crippen molar-refractivity contribution < 1.29 is 14.4 Å². The maximum atomic E-state index is 13.8. The molecule has 9 aromatic rings. The highest BCUT2D eigenvalue weighted by molar-refractivity contribution is 9.10. The fourth-order valence-electron chi connectivity index (χ4n) is 7.56. The molecule has 0 unspecified atom stereocenters. The number of thiazole rings is 3. The Morgan fingerprint density at radius 2 is 1.00 bits per heavy atom. The molecule has 350 valence electrons. The zero-order valence-corrected chi connectivity index (χ0v) is 42.9. The summed E-state index contributed by atoms with van der Waals surface area (Å²) in [6.45, 7) is 9.70. The number of aryl methyl sites for hydroxylation is 4. The van der Waals surface area contributed by atoms with Crippen molar-refractivity contribution in [1.82, 2.24) is 19.9 Å². The number of para-hydroxylation sites is 1. The Kier molecular flexibility index (Phi) is 14.2. The Bertz CT molecular complexity index is 3460. The predicted molar refractivity (Wildman–Crippen MR) is 291 cm³/mol. The molecule has 5 aromatic carbocycles. The van der Waals surface area contributed by atoms with E-state index in [9.17, 15) is 14.4 Å². The summed E-state index contributed by atoms with van der Waals surface area (Å²) in [6.07, 6.45) is 4.63. The van der Waals surface area contributed by atoms with Crippen LogP contribution in [0.25, 0.3) is 22.4 Å². The molecule has 0 radical (unpaired) electrons. The van der Waals surface area contributed by atoms with Crippen LogP contribution >= 0.6 is 61.5 Å². The Morgan fingerprint density at radius 3 is 1.61 bits per heavy atom. The number of hydrogen-bond acceptors (Lipinski definition) is 13. The first kappa shape index (κ1) is 47.8. The van der Waals surface area contributed by atoms with E-state index in [0.29, 0.717) is 57.9 Å². The summed E-state index contributed by atoms with van der Waals surface area (Å²) in [4.78, 5) is 59.8. The first-order valence-electron chi connectivity index (χ1n) is 21.7. The van der Waals surface area contributed by atoms with Crippen molar-refractivity contribution in [3.05, 3.63) is 180 Å². The van der Waals surface area contributed by atoms with E-state index in [1.165, 1.54) is 40.2 Å². The topological polar surface area (TPSA) is 175 Å². The summed E-state index contributed by atoms with van der Waals surface area (Å²) < 4.78 is 0.926. The molecule has 9 rings (SSSR count). The summed E-state index contributed by atoms with van der Waals surface area (Å²) in [5.41, 5.74) is 11.1. The highest BCUT2D eigenvalue weighted by atomic mass is 79.9. The number of nitrogens with zero attached hydrogens (tertiary/aromatic N) is 4. The maximum absolute atomic E-state index is 13.8. The number of nitrogens with one attached hydrogen (secondary N) is 6. The monoisotopic (exact) mass is 1060 g/mol. The third kappa shape index (κ3) is 10.8. The molecule has 0 aliphatic rings. The summed E-state index contributed by atoms with van der Waals surface area (Å²) in [5, 5.41) is 21.0. The van der Waals surface area contributed by atoms with E-state index >= 15 is 0 Å². The normalized spacial score (nSPS) is 11.0. The highest BCUT2D eigenvalue weighted by Crippen LogP contribution is 2.39. The zero-order chi connectivity index (χ0) is 49.1.